The second-order valence-corrected chi connectivity index (χ2v) is 6.27. The van der Waals surface area contributed by atoms with Gasteiger partial charge in [-0.3, -0.25) is 14.5 Å². The SMILES string of the molecule is CN(CC(=O)O)C1CN(C(=O)CCC2CCCCO2)C[C@H]1O. The number of β-amino-alcohol motifs (C(OH)–C–C–N with tert-alkyl or cyclic N) is 1. The number of hydrogen-bond acceptors (Lipinski definition) is 5. The molecule has 0 bridgehead atoms. The van der Waals surface area contributed by atoms with Crippen molar-refractivity contribution in [3.63, 3.8) is 0 Å². The van der Waals surface area contributed by atoms with E-state index in [1.165, 1.54) is 0 Å². The van der Waals surface area contributed by atoms with Crippen molar-refractivity contribution in [2.24, 2.45) is 0 Å². The third-order valence-corrected chi connectivity index (χ3v) is 4.52. The predicted molar refractivity (Wildman–Crippen MR) is 79.5 cm³/mol. The van der Waals surface area contributed by atoms with Gasteiger partial charge in [-0.15, -0.1) is 0 Å². The smallest absolute Gasteiger partial charge is 0.317 e. The fraction of sp³-hybridized carbons (Fsp3) is 0.867. The van der Waals surface area contributed by atoms with Gasteiger partial charge in [0.2, 0.25) is 5.91 Å². The fourth-order valence-corrected chi connectivity index (χ4v) is 3.21. The summed E-state index contributed by atoms with van der Waals surface area (Å²) in [5, 5.41) is 18.9. The highest BCUT2D eigenvalue weighted by atomic mass is 16.5. The minimum atomic E-state index is -0.936. The Hall–Kier alpha value is -1.18. The van der Waals surface area contributed by atoms with Crippen LogP contribution in [0.1, 0.15) is 32.1 Å². The first-order valence-electron chi connectivity index (χ1n) is 7.97. The van der Waals surface area contributed by atoms with Gasteiger partial charge in [0, 0.05) is 26.1 Å². The van der Waals surface area contributed by atoms with Crippen LogP contribution in [0.15, 0.2) is 0 Å². The Morgan fingerprint density at radius 1 is 1.32 bits per heavy atom. The number of carboxylic acid groups (broad SMARTS) is 1. The Bertz CT molecular complexity index is 397. The van der Waals surface area contributed by atoms with Gasteiger partial charge in [0.05, 0.1) is 24.8 Å². The van der Waals surface area contributed by atoms with Crippen LogP contribution >= 0.6 is 0 Å². The van der Waals surface area contributed by atoms with Crippen molar-refractivity contribution in [2.75, 3.05) is 33.3 Å². The summed E-state index contributed by atoms with van der Waals surface area (Å²) >= 11 is 0. The summed E-state index contributed by atoms with van der Waals surface area (Å²) in [6, 6.07) is -0.314. The molecular weight excluding hydrogens is 288 g/mol. The number of ether oxygens (including phenoxy) is 1. The molecule has 3 atom stereocenters. The lowest BCUT2D eigenvalue weighted by molar-refractivity contribution is -0.138. The van der Waals surface area contributed by atoms with Crippen molar-refractivity contribution in [3.8, 4) is 0 Å². The molecule has 2 aliphatic heterocycles. The van der Waals surface area contributed by atoms with Crippen LogP contribution in [0, 0.1) is 0 Å². The van der Waals surface area contributed by atoms with E-state index in [1.807, 2.05) is 0 Å². The molecule has 7 nitrogen and oxygen atoms in total. The fourth-order valence-electron chi connectivity index (χ4n) is 3.21. The summed E-state index contributed by atoms with van der Waals surface area (Å²) in [5.41, 5.74) is 0. The molecule has 0 spiro atoms. The molecule has 0 aromatic carbocycles. The summed E-state index contributed by atoms with van der Waals surface area (Å²) in [5.74, 6) is -0.923. The number of amides is 1. The highest BCUT2D eigenvalue weighted by Gasteiger charge is 2.36. The normalized spacial score (nSPS) is 29.0. The summed E-state index contributed by atoms with van der Waals surface area (Å²) in [6.07, 6.45) is 3.90. The summed E-state index contributed by atoms with van der Waals surface area (Å²) in [7, 11) is 1.66. The number of rotatable bonds is 6. The minimum Gasteiger partial charge on any atom is -0.480 e. The quantitative estimate of drug-likeness (QED) is 0.713. The van der Waals surface area contributed by atoms with E-state index in [-0.39, 0.29) is 31.1 Å². The minimum absolute atomic E-state index is 0.0134. The van der Waals surface area contributed by atoms with Crippen LogP contribution in [0.2, 0.25) is 0 Å². The lowest BCUT2D eigenvalue weighted by atomic mass is 10.0. The molecule has 0 aromatic heterocycles. The molecule has 2 fully saturated rings. The molecule has 1 amide bonds. The van der Waals surface area contributed by atoms with E-state index in [2.05, 4.69) is 0 Å². The molecule has 2 unspecified atom stereocenters. The Morgan fingerprint density at radius 3 is 2.73 bits per heavy atom. The van der Waals surface area contributed by atoms with E-state index in [9.17, 15) is 14.7 Å². The molecule has 0 aliphatic carbocycles. The average Bonchev–Trinajstić information content (AvgIpc) is 2.87. The molecular formula is C15H26N2O5. The Morgan fingerprint density at radius 2 is 2.09 bits per heavy atom. The van der Waals surface area contributed by atoms with Crippen molar-refractivity contribution in [1.82, 2.24) is 9.80 Å². The van der Waals surface area contributed by atoms with Gasteiger partial charge >= 0.3 is 5.97 Å². The standard InChI is InChI=1S/C15H26N2O5/c1-16(10-15(20)21)12-8-17(9-13(12)18)14(19)6-5-11-4-2-3-7-22-11/h11-13,18H,2-10H2,1H3,(H,20,21)/t11?,12?,13-/m1/s1. The summed E-state index contributed by atoms with van der Waals surface area (Å²) in [4.78, 5) is 26.2. The second-order valence-electron chi connectivity index (χ2n) is 6.27. The summed E-state index contributed by atoms with van der Waals surface area (Å²) < 4.78 is 5.62. The topological polar surface area (TPSA) is 90.3 Å². The monoisotopic (exact) mass is 314 g/mol. The molecule has 2 heterocycles. The first kappa shape index (κ1) is 17.2. The summed E-state index contributed by atoms with van der Waals surface area (Å²) in [6.45, 7) is 1.30. The van der Waals surface area contributed by atoms with Crippen LogP contribution < -0.4 is 0 Å². The van der Waals surface area contributed by atoms with Crippen LogP contribution in [0.25, 0.3) is 0 Å². The third-order valence-electron chi connectivity index (χ3n) is 4.52. The first-order valence-corrected chi connectivity index (χ1v) is 7.97. The molecule has 2 rings (SSSR count). The van der Waals surface area contributed by atoms with Crippen LogP contribution in [-0.2, 0) is 14.3 Å². The number of carbonyl (C=O) groups excluding carboxylic acids is 1. The maximum Gasteiger partial charge on any atom is 0.317 e. The maximum atomic E-state index is 12.2. The number of aliphatic hydroxyl groups is 1. The number of carbonyl (C=O) groups is 2. The van der Waals surface area contributed by atoms with E-state index in [0.29, 0.717) is 13.0 Å². The second kappa shape index (κ2) is 7.89. The van der Waals surface area contributed by atoms with Crippen LogP contribution in [0.3, 0.4) is 0 Å². The van der Waals surface area contributed by atoms with E-state index in [1.54, 1.807) is 16.8 Å². The van der Waals surface area contributed by atoms with Gasteiger partial charge in [0.15, 0.2) is 0 Å². The zero-order valence-electron chi connectivity index (χ0n) is 13.1. The molecule has 0 saturated carbocycles. The van der Waals surface area contributed by atoms with Gasteiger partial charge in [-0.25, -0.2) is 0 Å². The van der Waals surface area contributed by atoms with Crippen LogP contribution in [0.4, 0.5) is 0 Å². The van der Waals surface area contributed by atoms with Gasteiger partial charge in [-0.05, 0) is 32.7 Å². The molecule has 22 heavy (non-hydrogen) atoms. The van der Waals surface area contributed by atoms with Crippen molar-refractivity contribution >= 4 is 11.9 Å². The molecule has 2 N–H and O–H groups in total. The number of likely N-dealkylation sites (N-methyl/N-ethyl adjacent to an activating group) is 1. The van der Waals surface area contributed by atoms with Gasteiger partial charge in [0.25, 0.3) is 0 Å². The van der Waals surface area contributed by atoms with Crippen LogP contribution in [-0.4, -0.2) is 83.4 Å². The van der Waals surface area contributed by atoms with E-state index in [0.717, 1.165) is 32.3 Å². The predicted octanol–water partition coefficient (Wildman–Crippen LogP) is -0.0762. The third kappa shape index (κ3) is 4.66. The van der Waals surface area contributed by atoms with Gasteiger partial charge in [0.1, 0.15) is 0 Å². The lowest BCUT2D eigenvalue weighted by Gasteiger charge is -2.25. The first-order chi connectivity index (χ1) is 10.5. The van der Waals surface area contributed by atoms with Crippen LogP contribution in [0.5, 0.6) is 0 Å². The maximum absolute atomic E-state index is 12.2. The lowest BCUT2D eigenvalue weighted by Crippen LogP contribution is -2.43. The largest absolute Gasteiger partial charge is 0.480 e. The zero-order valence-corrected chi connectivity index (χ0v) is 13.1. The van der Waals surface area contributed by atoms with Crippen molar-refractivity contribution in [2.45, 2.75) is 50.4 Å². The Balaban J connectivity index is 1.77. The van der Waals surface area contributed by atoms with Gasteiger partial charge in [-0.1, -0.05) is 0 Å². The van der Waals surface area contributed by atoms with Crippen molar-refractivity contribution < 1.29 is 24.5 Å². The van der Waals surface area contributed by atoms with Crippen molar-refractivity contribution in [1.29, 1.82) is 0 Å². The number of aliphatic hydroxyl groups excluding tert-OH is 1. The van der Waals surface area contributed by atoms with Crippen molar-refractivity contribution in [3.05, 3.63) is 0 Å². The van der Waals surface area contributed by atoms with E-state index >= 15 is 0 Å². The molecule has 126 valence electrons. The average molecular weight is 314 g/mol. The highest BCUT2D eigenvalue weighted by molar-refractivity contribution is 5.76. The molecule has 2 saturated heterocycles. The Kier molecular flexibility index (Phi) is 6.16. The molecule has 0 aromatic rings. The van der Waals surface area contributed by atoms with Gasteiger partial charge < -0.3 is 19.8 Å². The molecule has 7 heteroatoms. The number of likely N-dealkylation sites (tertiary alicyclic amines) is 1. The van der Waals surface area contributed by atoms with E-state index < -0.39 is 12.1 Å². The number of nitrogens with zero attached hydrogens (tertiary/aromatic N) is 2. The zero-order chi connectivity index (χ0) is 16.1. The van der Waals surface area contributed by atoms with E-state index in [4.69, 9.17) is 9.84 Å². The van der Waals surface area contributed by atoms with Gasteiger partial charge in [-0.2, -0.15) is 0 Å². The molecule has 0 radical (unpaired) electrons. The molecule has 2 aliphatic rings. The Labute approximate surface area is 130 Å². The number of carboxylic acids is 1. The number of hydrogen-bond donors (Lipinski definition) is 2. The highest BCUT2D eigenvalue weighted by Crippen LogP contribution is 2.20. The number of aliphatic carboxylic acids is 1.